The van der Waals surface area contributed by atoms with Crippen molar-refractivity contribution in [2.24, 2.45) is 0 Å². The molecule has 0 aliphatic carbocycles. The summed E-state index contributed by atoms with van der Waals surface area (Å²) in [5.74, 6) is 1.64. The van der Waals surface area contributed by atoms with Gasteiger partial charge in [-0.05, 0) is 16.7 Å². The van der Waals surface area contributed by atoms with Crippen LogP contribution in [0, 0.1) is 0 Å². The molecule has 1 nitrogen and oxygen atoms in total. The highest BCUT2D eigenvalue weighted by molar-refractivity contribution is 8.00. The molecule has 3 aromatic rings. The van der Waals surface area contributed by atoms with E-state index in [1.807, 2.05) is 11.8 Å². The summed E-state index contributed by atoms with van der Waals surface area (Å²) in [6.45, 7) is 1.78. The Hall–Kier alpha value is -1.74. The molecule has 3 aromatic carbocycles. The molecule has 0 aromatic heterocycles. The summed E-state index contributed by atoms with van der Waals surface area (Å²) in [5.41, 5.74) is 3.92. The monoisotopic (exact) mass is 381 g/mol. The van der Waals surface area contributed by atoms with Gasteiger partial charge >= 0.3 is 0 Å². The van der Waals surface area contributed by atoms with Crippen LogP contribution >= 0.6 is 23.4 Å². The lowest BCUT2D eigenvalue weighted by Gasteiger charge is -2.35. The maximum absolute atomic E-state index is 5.79. The number of rotatable bonds is 9. The van der Waals surface area contributed by atoms with Gasteiger partial charge in [0.2, 0.25) is 0 Å². The number of alkyl halides is 1. The Kier molecular flexibility index (Phi) is 7.19. The van der Waals surface area contributed by atoms with Gasteiger partial charge < -0.3 is 5.32 Å². The van der Waals surface area contributed by atoms with E-state index in [0.717, 1.165) is 18.8 Å². The number of hydrogen-bond acceptors (Lipinski definition) is 2. The van der Waals surface area contributed by atoms with Gasteiger partial charge in [0.05, 0.1) is 4.75 Å². The van der Waals surface area contributed by atoms with E-state index in [1.54, 1.807) is 0 Å². The highest BCUT2D eigenvalue weighted by atomic mass is 35.5. The lowest BCUT2D eigenvalue weighted by Crippen LogP contribution is -2.28. The number of halogens is 1. The molecule has 0 aliphatic heterocycles. The lowest BCUT2D eigenvalue weighted by atomic mass is 9.84. The SMILES string of the molecule is ClCCNCCSC(c1ccccc1)(c1ccccc1)c1ccccc1. The van der Waals surface area contributed by atoms with Gasteiger partial charge in [0, 0.05) is 24.7 Å². The number of hydrogen-bond donors (Lipinski definition) is 1. The Morgan fingerprint density at radius 1 is 0.654 bits per heavy atom. The van der Waals surface area contributed by atoms with Gasteiger partial charge in [0.15, 0.2) is 0 Å². The summed E-state index contributed by atoms with van der Waals surface area (Å²) in [4.78, 5) is 0. The van der Waals surface area contributed by atoms with Crippen molar-refractivity contribution in [3.05, 3.63) is 108 Å². The highest BCUT2D eigenvalue weighted by Crippen LogP contribution is 2.48. The zero-order valence-electron chi connectivity index (χ0n) is 14.8. The fourth-order valence-corrected chi connectivity index (χ4v) is 4.83. The zero-order chi connectivity index (χ0) is 18.1. The van der Waals surface area contributed by atoms with Crippen molar-refractivity contribution < 1.29 is 0 Å². The molecule has 0 bridgehead atoms. The average Bonchev–Trinajstić information content (AvgIpc) is 2.73. The van der Waals surface area contributed by atoms with Gasteiger partial charge in [-0.3, -0.25) is 0 Å². The Bertz CT molecular complexity index is 665. The van der Waals surface area contributed by atoms with E-state index >= 15 is 0 Å². The lowest BCUT2D eigenvalue weighted by molar-refractivity contribution is 0.768. The second-order valence-electron chi connectivity index (χ2n) is 6.07. The van der Waals surface area contributed by atoms with Crippen molar-refractivity contribution in [2.75, 3.05) is 24.7 Å². The van der Waals surface area contributed by atoms with E-state index in [0.29, 0.717) is 5.88 Å². The molecule has 0 aliphatic rings. The van der Waals surface area contributed by atoms with Crippen LogP contribution in [-0.4, -0.2) is 24.7 Å². The third-order valence-corrected chi connectivity index (χ3v) is 6.15. The van der Waals surface area contributed by atoms with Gasteiger partial charge in [-0.1, -0.05) is 91.0 Å². The van der Waals surface area contributed by atoms with E-state index in [1.165, 1.54) is 16.7 Å². The summed E-state index contributed by atoms with van der Waals surface area (Å²) in [6, 6.07) is 32.4. The third kappa shape index (κ3) is 4.32. The number of thioether (sulfide) groups is 1. The molecule has 0 spiro atoms. The minimum Gasteiger partial charge on any atom is -0.315 e. The standard InChI is InChI=1S/C23H24ClNS/c24-16-17-25-18-19-26-23(20-10-4-1-5-11-20,21-12-6-2-7-13-21)22-14-8-3-9-15-22/h1-15,25H,16-19H2. The molecule has 0 unspecified atom stereocenters. The van der Waals surface area contributed by atoms with Crippen LogP contribution in [0.2, 0.25) is 0 Å². The Labute approximate surface area is 165 Å². The number of benzene rings is 3. The van der Waals surface area contributed by atoms with Crippen molar-refractivity contribution in [1.82, 2.24) is 5.32 Å². The molecule has 3 heteroatoms. The topological polar surface area (TPSA) is 12.0 Å². The first-order valence-corrected chi connectivity index (χ1v) is 10.5. The van der Waals surface area contributed by atoms with Gasteiger partial charge in [-0.15, -0.1) is 23.4 Å². The third-order valence-electron chi connectivity index (χ3n) is 4.41. The normalized spacial score (nSPS) is 11.4. The summed E-state index contributed by atoms with van der Waals surface area (Å²) >= 11 is 7.76. The Morgan fingerprint density at radius 3 is 1.46 bits per heavy atom. The molecule has 0 heterocycles. The van der Waals surface area contributed by atoms with Crippen molar-refractivity contribution in [3.8, 4) is 0 Å². The molecule has 1 N–H and O–H groups in total. The van der Waals surface area contributed by atoms with Crippen LogP contribution in [0.3, 0.4) is 0 Å². The predicted octanol–water partition coefficient (Wildman–Crippen LogP) is 5.54. The summed E-state index contributed by atoms with van der Waals surface area (Å²) in [5, 5.41) is 3.41. The first kappa shape index (κ1) is 19.0. The van der Waals surface area contributed by atoms with Crippen LogP contribution in [0.5, 0.6) is 0 Å². The summed E-state index contributed by atoms with van der Waals surface area (Å²) < 4.78 is -0.230. The smallest absolute Gasteiger partial charge is 0.0907 e. The van der Waals surface area contributed by atoms with Crippen LogP contribution in [0.25, 0.3) is 0 Å². The van der Waals surface area contributed by atoms with E-state index in [4.69, 9.17) is 11.6 Å². The molecule has 26 heavy (non-hydrogen) atoms. The second-order valence-corrected chi connectivity index (χ2v) is 7.75. The van der Waals surface area contributed by atoms with E-state index in [2.05, 4.69) is 96.3 Å². The van der Waals surface area contributed by atoms with E-state index < -0.39 is 0 Å². The molecular weight excluding hydrogens is 358 g/mol. The minimum absolute atomic E-state index is 0.230. The first-order valence-electron chi connectivity index (χ1n) is 8.95. The summed E-state index contributed by atoms with van der Waals surface area (Å²) in [7, 11) is 0. The van der Waals surface area contributed by atoms with Crippen molar-refractivity contribution in [3.63, 3.8) is 0 Å². The van der Waals surface area contributed by atoms with Crippen molar-refractivity contribution in [1.29, 1.82) is 0 Å². The fourth-order valence-electron chi connectivity index (χ4n) is 3.24. The maximum atomic E-state index is 5.79. The van der Waals surface area contributed by atoms with Crippen LogP contribution in [0.1, 0.15) is 16.7 Å². The van der Waals surface area contributed by atoms with E-state index in [-0.39, 0.29) is 4.75 Å². The molecule has 3 rings (SSSR count). The maximum Gasteiger partial charge on any atom is 0.0907 e. The van der Waals surface area contributed by atoms with Gasteiger partial charge in [0.1, 0.15) is 0 Å². The van der Waals surface area contributed by atoms with Crippen LogP contribution in [0.15, 0.2) is 91.0 Å². The second kappa shape index (κ2) is 9.82. The van der Waals surface area contributed by atoms with Gasteiger partial charge in [-0.2, -0.15) is 0 Å². The van der Waals surface area contributed by atoms with Crippen LogP contribution in [0.4, 0.5) is 0 Å². The van der Waals surface area contributed by atoms with Crippen LogP contribution in [-0.2, 0) is 4.75 Å². The van der Waals surface area contributed by atoms with Crippen LogP contribution < -0.4 is 5.32 Å². The Balaban J connectivity index is 2.06. The fraction of sp³-hybridized carbons (Fsp3) is 0.217. The minimum atomic E-state index is -0.230. The largest absolute Gasteiger partial charge is 0.315 e. The van der Waals surface area contributed by atoms with Gasteiger partial charge in [0.25, 0.3) is 0 Å². The molecule has 134 valence electrons. The molecule has 0 saturated heterocycles. The zero-order valence-corrected chi connectivity index (χ0v) is 16.3. The first-order chi connectivity index (χ1) is 12.9. The molecule has 0 radical (unpaired) electrons. The van der Waals surface area contributed by atoms with E-state index in [9.17, 15) is 0 Å². The molecule has 0 amide bonds. The molecular formula is C23H24ClNS. The van der Waals surface area contributed by atoms with Crippen molar-refractivity contribution >= 4 is 23.4 Å². The summed E-state index contributed by atoms with van der Waals surface area (Å²) in [6.07, 6.45) is 0. The average molecular weight is 382 g/mol. The van der Waals surface area contributed by atoms with Crippen molar-refractivity contribution in [2.45, 2.75) is 4.75 Å². The quantitative estimate of drug-likeness (QED) is 0.296. The highest BCUT2D eigenvalue weighted by Gasteiger charge is 2.36. The molecule has 0 atom stereocenters. The Morgan fingerprint density at radius 2 is 1.08 bits per heavy atom. The number of nitrogens with one attached hydrogen (secondary N) is 1. The predicted molar refractivity (Wildman–Crippen MR) is 115 cm³/mol. The molecule has 0 saturated carbocycles. The van der Waals surface area contributed by atoms with Gasteiger partial charge in [-0.25, -0.2) is 0 Å². The molecule has 0 fully saturated rings.